The second-order valence-corrected chi connectivity index (χ2v) is 6.30. The quantitative estimate of drug-likeness (QED) is 0.846. The molecule has 1 aliphatic heterocycles. The van der Waals surface area contributed by atoms with Crippen molar-refractivity contribution >= 4 is 11.8 Å². The highest BCUT2D eigenvalue weighted by Gasteiger charge is 2.38. The SMILES string of the molecule is Cc1c(CN2C(=O)CN(C)C(=O)[C@H]2Cc2ccccc2)cnn1C. The Hall–Kier alpha value is -2.63. The molecule has 1 saturated heterocycles. The van der Waals surface area contributed by atoms with E-state index in [4.69, 9.17) is 0 Å². The van der Waals surface area contributed by atoms with Crippen LogP contribution in [0.4, 0.5) is 0 Å². The largest absolute Gasteiger partial charge is 0.335 e. The van der Waals surface area contributed by atoms with Crippen molar-refractivity contribution in [2.24, 2.45) is 7.05 Å². The van der Waals surface area contributed by atoms with Gasteiger partial charge in [-0.3, -0.25) is 14.3 Å². The lowest BCUT2D eigenvalue weighted by atomic mass is 10.0. The number of benzene rings is 1. The predicted molar refractivity (Wildman–Crippen MR) is 90.1 cm³/mol. The van der Waals surface area contributed by atoms with Gasteiger partial charge in [-0.25, -0.2) is 0 Å². The van der Waals surface area contributed by atoms with Gasteiger partial charge in [0.1, 0.15) is 6.04 Å². The summed E-state index contributed by atoms with van der Waals surface area (Å²) in [5, 5.41) is 4.23. The number of rotatable bonds is 4. The molecule has 0 radical (unpaired) electrons. The third-order valence-corrected chi connectivity index (χ3v) is 4.68. The first kappa shape index (κ1) is 16.2. The summed E-state index contributed by atoms with van der Waals surface area (Å²) >= 11 is 0. The van der Waals surface area contributed by atoms with Gasteiger partial charge in [-0.05, 0) is 12.5 Å². The van der Waals surface area contributed by atoms with Crippen LogP contribution < -0.4 is 0 Å². The molecular formula is C18H22N4O2. The number of aromatic nitrogens is 2. The van der Waals surface area contributed by atoms with Crippen LogP contribution in [0.5, 0.6) is 0 Å². The molecule has 3 rings (SSSR count). The zero-order valence-electron chi connectivity index (χ0n) is 14.3. The van der Waals surface area contributed by atoms with Gasteiger partial charge < -0.3 is 9.80 Å². The minimum atomic E-state index is -0.474. The number of nitrogens with zero attached hydrogens (tertiary/aromatic N) is 4. The first-order valence-corrected chi connectivity index (χ1v) is 8.03. The van der Waals surface area contributed by atoms with Crippen molar-refractivity contribution in [1.29, 1.82) is 0 Å². The summed E-state index contributed by atoms with van der Waals surface area (Å²) in [6.45, 7) is 2.51. The zero-order valence-corrected chi connectivity index (χ0v) is 14.3. The third-order valence-electron chi connectivity index (χ3n) is 4.68. The number of likely N-dealkylation sites (N-methyl/N-ethyl adjacent to an activating group) is 1. The van der Waals surface area contributed by atoms with E-state index in [2.05, 4.69) is 5.10 Å². The highest BCUT2D eigenvalue weighted by molar-refractivity contribution is 5.94. The van der Waals surface area contributed by atoms with Gasteiger partial charge in [-0.15, -0.1) is 0 Å². The fourth-order valence-electron chi connectivity index (χ4n) is 3.05. The Labute approximate surface area is 141 Å². The predicted octanol–water partition coefficient (Wildman–Crippen LogP) is 1.14. The molecular weight excluding hydrogens is 304 g/mol. The van der Waals surface area contributed by atoms with E-state index in [0.29, 0.717) is 13.0 Å². The van der Waals surface area contributed by atoms with Crippen LogP contribution in [0.3, 0.4) is 0 Å². The van der Waals surface area contributed by atoms with Crippen LogP contribution in [-0.4, -0.2) is 51.0 Å². The average Bonchev–Trinajstić information content (AvgIpc) is 2.88. The van der Waals surface area contributed by atoms with Gasteiger partial charge in [0.15, 0.2) is 0 Å². The van der Waals surface area contributed by atoms with Gasteiger partial charge in [0, 0.05) is 38.3 Å². The van der Waals surface area contributed by atoms with Crippen LogP contribution in [0.25, 0.3) is 0 Å². The van der Waals surface area contributed by atoms with E-state index < -0.39 is 6.04 Å². The fourth-order valence-corrected chi connectivity index (χ4v) is 3.05. The van der Waals surface area contributed by atoms with Gasteiger partial charge in [0.05, 0.1) is 12.7 Å². The summed E-state index contributed by atoms with van der Waals surface area (Å²) in [6, 6.07) is 9.34. The first-order chi connectivity index (χ1) is 11.5. The van der Waals surface area contributed by atoms with Crippen molar-refractivity contribution in [3.05, 3.63) is 53.3 Å². The molecule has 126 valence electrons. The fraction of sp³-hybridized carbons (Fsp3) is 0.389. The number of hydrogen-bond donors (Lipinski definition) is 0. The molecule has 0 bridgehead atoms. The lowest BCUT2D eigenvalue weighted by molar-refractivity contribution is -0.155. The van der Waals surface area contributed by atoms with Crippen molar-refractivity contribution in [1.82, 2.24) is 19.6 Å². The molecule has 0 saturated carbocycles. The number of carbonyl (C=O) groups excluding carboxylic acids is 2. The lowest BCUT2D eigenvalue weighted by Gasteiger charge is -2.39. The molecule has 1 fully saturated rings. The summed E-state index contributed by atoms with van der Waals surface area (Å²) < 4.78 is 1.78. The average molecular weight is 326 g/mol. The maximum atomic E-state index is 12.7. The molecule has 1 aromatic heterocycles. The smallest absolute Gasteiger partial charge is 0.245 e. The summed E-state index contributed by atoms with van der Waals surface area (Å²) in [7, 11) is 3.56. The molecule has 6 nitrogen and oxygen atoms in total. The van der Waals surface area contributed by atoms with Gasteiger partial charge in [0.25, 0.3) is 0 Å². The van der Waals surface area contributed by atoms with Crippen molar-refractivity contribution in [3.8, 4) is 0 Å². The Morgan fingerprint density at radius 3 is 2.50 bits per heavy atom. The maximum absolute atomic E-state index is 12.7. The van der Waals surface area contributed by atoms with Crippen molar-refractivity contribution in [3.63, 3.8) is 0 Å². The number of carbonyl (C=O) groups is 2. The first-order valence-electron chi connectivity index (χ1n) is 8.03. The zero-order chi connectivity index (χ0) is 17.3. The minimum Gasteiger partial charge on any atom is -0.335 e. The highest BCUT2D eigenvalue weighted by atomic mass is 16.2. The molecule has 1 aromatic carbocycles. The molecule has 2 aromatic rings. The third kappa shape index (κ3) is 3.04. The molecule has 0 N–H and O–H groups in total. The summed E-state index contributed by atoms with van der Waals surface area (Å²) in [6.07, 6.45) is 2.29. The maximum Gasteiger partial charge on any atom is 0.245 e. The monoisotopic (exact) mass is 326 g/mol. The molecule has 1 atom stereocenters. The second-order valence-electron chi connectivity index (χ2n) is 6.30. The van der Waals surface area contributed by atoms with Crippen LogP contribution in [0.2, 0.25) is 0 Å². The van der Waals surface area contributed by atoms with E-state index in [9.17, 15) is 9.59 Å². The van der Waals surface area contributed by atoms with E-state index in [1.165, 1.54) is 4.90 Å². The molecule has 0 spiro atoms. The van der Waals surface area contributed by atoms with Gasteiger partial charge >= 0.3 is 0 Å². The summed E-state index contributed by atoms with van der Waals surface area (Å²) in [4.78, 5) is 28.5. The number of piperazine rings is 1. The number of hydrogen-bond acceptors (Lipinski definition) is 3. The van der Waals surface area contributed by atoms with Crippen molar-refractivity contribution in [2.45, 2.75) is 25.9 Å². The topological polar surface area (TPSA) is 58.4 Å². The minimum absolute atomic E-state index is 0.0139. The van der Waals surface area contributed by atoms with Crippen molar-refractivity contribution in [2.75, 3.05) is 13.6 Å². The lowest BCUT2D eigenvalue weighted by Crippen LogP contribution is -2.59. The molecule has 2 amide bonds. The normalized spacial score (nSPS) is 18.4. The number of amides is 2. The van der Waals surface area contributed by atoms with E-state index in [1.807, 2.05) is 44.3 Å². The number of aryl methyl sites for hydroxylation is 1. The van der Waals surface area contributed by atoms with E-state index in [0.717, 1.165) is 16.8 Å². The standard InChI is InChI=1S/C18H22N4O2/c1-13-15(10-19-21(13)3)11-22-16(9-14-7-5-4-6-8-14)18(24)20(2)12-17(22)23/h4-8,10,16H,9,11-12H2,1-3H3/t16-/m1/s1. The Morgan fingerprint density at radius 2 is 1.88 bits per heavy atom. The Morgan fingerprint density at radius 1 is 1.17 bits per heavy atom. The molecule has 6 heteroatoms. The van der Waals surface area contributed by atoms with Gasteiger partial charge in [0.2, 0.25) is 11.8 Å². The van der Waals surface area contributed by atoms with E-state index in [1.54, 1.807) is 22.8 Å². The van der Waals surface area contributed by atoms with E-state index >= 15 is 0 Å². The molecule has 0 unspecified atom stereocenters. The van der Waals surface area contributed by atoms with E-state index in [-0.39, 0.29) is 18.4 Å². The van der Waals surface area contributed by atoms with Gasteiger partial charge in [-0.1, -0.05) is 30.3 Å². The summed E-state index contributed by atoms with van der Waals surface area (Å²) in [5.74, 6) is -0.0405. The Balaban J connectivity index is 1.88. The van der Waals surface area contributed by atoms with Gasteiger partial charge in [-0.2, -0.15) is 5.10 Å². The summed E-state index contributed by atoms with van der Waals surface area (Å²) in [5.41, 5.74) is 3.03. The van der Waals surface area contributed by atoms with Crippen LogP contribution in [0.15, 0.2) is 36.5 Å². The van der Waals surface area contributed by atoms with Crippen LogP contribution >= 0.6 is 0 Å². The second kappa shape index (κ2) is 6.47. The molecule has 24 heavy (non-hydrogen) atoms. The van der Waals surface area contributed by atoms with Crippen molar-refractivity contribution < 1.29 is 9.59 Å². The molecule has 0 aliphatic carbocycles. The molecule has 1 aliphatic rings. The van der Waals surface area contributed by atoms with Crippen LogP contribution in [0, 0.1) is 6.92 Å². The van der Waals surface area contributed by atoms with Crippen LogP contribution in [-0.2, 0) is 29.6 Å². The Bertz CT molecular complexity index is 754. The Kier molecular flexibility index (Phi) is 4.38. The highest BCUT2D eigenvalue weighted by Crippen LogP contribution is 2.20. The van der Waals surface area contributed by atoms with Crippen LogP contribution in [0.1, 0.15) is 16.8 Å². The molecule has 2 heterocycles.